The lowest BCUT2D eigenvalue weighted by molar-refractivity contribution is -0.119. The summed E-state index contributed by atoms with van der Waals surface area (Å²) < 4.78 is 6.89. The minimum Gasteiger partial charge on any atom is -0.451 e. The van der Waals surface area contributed by atoms with Gasteiger partial charge in [-0.15, -0.1) is 17.9 Å². The molecular weight excluding hydrogens is 414 g/mol. The molecule has 0 radical (unpaired) electrons. The second-order valence-electron chi connectivity index (χ2n) is 6.55. The molecule has 3 aromatic rings. The number of esters is 1. The third-order valence-electron chi connectivity index (χ3n) is 4.54. The highest BCUT2D eigenvalue weighted by atomic mass is 32.1. The summed E-state index contributed by atoms with van der Waals surface area (Å²) in [5, 5.41) is 17.4. The van der Waals surface area contributed by atoms with Crippen molar-refractivity contribution in [3.05, 3.63) is 70.9 Å². The Balaban J connectivity index is 1.73. The Bertz CT molecular complexity index is 1160. The van der Waals surface area contributed by atoms with Gasteiger partial charge in [-0.3, -0.25) is 9.36 Å². The monoisotopic (exact) mass is 435 g/mol. The summed E-state index contributed by atoms with van der Waals surface area (Å²) >= 11 is 1.25. The minimum absolute atomic E-state index is 0.112. The predicted molar refractivity (Wildman–Crippen MR) is 120 cm³/mol. The number of nitriles is 1. The zero-order valence-electron chi connectivity index (χ0n) is 17.1. The maximum Gasteiger partial charge on any atom is 0.358 e. The number of hydrogen-bond donors (Lipinski definition) is 2. The average molecular weight is 436 g/mol. The smallest absolute Gasteiger partial charge is 0.358 e. The molecule has 8 nitrogen and oxygen atoms in total. The van der Waals surface area contributed by atoms with Gasteiger partial charge in [-0.05, 0) is 31.5 Å². The van der Waals surface area contributed by atoms with Crippen LogP contribution < -0.4 is 10.6 Å². The molecule has 0 aliphatic carbocycles. The van der Waals surface area contributed by atoms with Crippen molar-refractivity contribution in [3.63, 3.8) is 0 Å². The van der Waals surface area contributed by atoms with E-state index in [-0.39, 0.29) is 5.69 Å². The third-order valence-corrected chi connectivity index (χ3v) is 5.34. The van der Waals surface area contributed by atoms with Crippen LogP contribution >= 0.6 is 11.3 Å². The standard InChI is InChI=1S/C22H21N5O3S/c1-4-10-24-22-25-18(13-31-22)21(29)30-12-19(28)26-20-17(11-23)14(2)15(3)27(20)16-8-6-5-7-9-16/h4-9,13H,1,10,12H2,2-3H3,(H,24,25)(H,26,28). The number of para-hydroxylation sites is 1. The summed E-state index contributed by atoms with van der Waals surface area (Å²) in [6, 6.07) is 11.5. The molecule has 0 saturated carbocycles. The molecule has 0 bridgehead atoms. The molecule has 0 saturated heterocycles. The normalized spacial score (nSPS) is 10.2. The number of aromatic nitrogens is 2. The molecule has 1 amide bonds. The van der Waals surface area contributed by atoms with Crippen LogP contribution in [0.2, 0.25) is 0 Å². The Morgan fingerprint density at radius 2 is 2.06 bits per heavy atom. The molecule has 31 heavy (non-hydrogen) atoms. The number of rotatable bonds is 8. The Hall–Kier alpha value is -3.90. The molecule has 0 spiro atoms. The highest BCUT2D eigenvalue weighted by molar-refractivity contribution is 7.13. The fourth-order valence-corrected chi connectivity index (χ4v) is 3.63. The number of carbonyl (C=O) groups excluding carboxylic acids is 2. The topological polar surface area (TPSA) is 109 Å². The van der Waals surface area contributed by atoms with Crippen molar-refractivity contribution in [1.29, 1.82) is 5.26 Å². The quantitative estimate of drug-likeness (QED) is 0.411. The fraction of sp³-hybridized carbons (Fsp3) is 0.182. The molecule has 2 N–H and O–H groups in total. The first-order chi connectivity index (χ1) is 15.0. The summed E-state index contributed by atoms with van der Waals surface area (Å²) in [4.78, 5) is 28.8. The van der Waals surface area contributed by atoms with Crippen molar-refractivity contribution < 1.29 is 14.3 Å². The number of amides is 1. The molecule has 0 aliphatic heterocycles. The van der Waals surface area contributed by atoms with Crippen LogP contribution in [0.1, 0.15) is 27.3 Å². The van der Waals surface area contributed by atoms with Gasteiger partial charge in [-0.2, -0.15) is 5.26 Å². The van der Waals surface area contributed by atoms with Gasteiger partial charge in [0, 0.05) is 23.3 Å². The molecular formula is C22H21N5O3S. The molecule has 0 atom stereocenters. The van der Waals surface area contributed by atoms with E-state index < -0.39 is 18.5 Å². The highest BCUT2D eigenvalue weighted by Gasteiger charge is 2.21. The second kappa shape index (κ2) is 9.73. The predicted octanol–water partition coefficient (Wildman–Crippen LogP) is 3.82. The average Bonchev–Trinajstić information content (AvgIpc) is 3.34. The van der Waals surface area contributed by atoms with E-state index in [0.29, 0.717) is 23.1 Å². The number of thiazole rings is 1. The molecule has 3 rings (SSSR count). The van der Waals surface area contributed by atoms with Crippen LogP contribution in [-0.4, -0.2) is 34.6 Å². The van der Waals surface area contributed by atoms with Crippen LogP contribution in [0.5, 0.6) is 0 Å². The number of hydrogen-bond acceptors (Lipinski definition) is 7. The van der Waals surface area contributed by atoms with Gasteiger partial charge in [0.15, 0.2) is 17.4 Å². The van der Waals surface area contributed by atoms with Gasteiger partial charge in [-0.25, -0.2) is 9.78 Å². The molecule has 2 aromatic heterocycles. The van der Waals surface area contributed by atoms with E-state index in [1.165, 1.54) is 11.3 Å². The summed E-state index contributed by atoms with van der Waals surface area (Å²) in [5.41, 5.74) is 2.87. The second-order valence-corrected chi connectivity index (χ2v) is 7.41. The van der Waals surface area contributed by atoms with E-state index in [1.54, 1.807) is 16.0 Å². The number of ether oxygens (including phenoxy) is 1. The zero-order valence-corrected chi connectivity index (χ0v) is 18.0. The van der Waals surface area contributed by atoms with Gasteiger partial charge >= 0.3 is 5.97 Å². The van der Waals surface area contributed by atoms with Crippen LogP contribution in [0.15, 0.2) is 48.4 Å². The van der Waals surface area contributed by atoms with E-state index in [0.717, 1.165) is 16.9 Å². The van der Waals surface area contributed by atoms with Gasteiger partial charge in [0.05, 0.1) is 5.56 Å². The van der Waals surface area contributed by atoms with Crippen molar-refractivity contribution in [2.45, 2.75) is 13.8 Å². The first kappa shape index (κ1) is 21.8. The van der Waals surface area contributed by atoms with Crippen molar-refractivity contribution >= 4 is 34.2 Å². The van der Waals surface area contributed by atoms with Crippen molar-refractivity contribution in [2.24, 2.45) is 0 Å². The van der Waals surface area contributed by atoms with Crippen LogP contribution in [0.3, 0.4) is 0 Å². The van der Waals surface area contributed by atoms with Gasteiger partial charge < -0.3 is 15.4 Å². The molecule has 2 heterocycles. The fourth-order valence-electron chi connectivity index (χ4n) is 2.94. The number of carbonyl (C=O) groups is 2. The first-order valence-electron chi connectivity index (χ1n) is 9.41. The zero-order chi connectivity index (χ0) is 22.4. The molecule has 158 valence electrons. The third kappa shape index (κ3) is 4.82. The lowest BCUT2D eigenvalue weighted by Gasteiger charge is -2.13. The lowest BCUT2D eigenvalue weighted by atomic mass is 10.2. The number of nitrogens with zero attached hydrogens (tertiary/aromatic N) is 3. The lowest BCUT2D eigenvalue weighted by Crippen LogP contribution is -2.23. The maximum atomic E-state index is 12.5. The largest absolute Gasteiger partial charge is 0.451 e. The molecule has 0 unspecified atom stereocenters. The van der Waals surface area contributed by atoms with Gasteiger partial charge in [0.25, 0.3) is 5.91 Å². The van der Waals surface area contributed by atoms with Crippen molar-refractivity contribution in [1.82, 2.24) is 9.55 Å². The van der Waals surface area contributed by atoms with Crippen LogP contribution in [0.25, 0.3) is 5.69 Å². The number of benzene rings is 1. The van der Waals surface area contributed by atoms with Gasteiger partial charge in [-0.1, -0.05) is 24.3 Å². The molecule has 0 aliphatic rings. The van der Waals surface area contributed by atoms with E-state index in [2.05, 4.69) is 28.3 Å². The number of anilines is 2. The Labute approximate surface area is 183 Å². The van der Waals surface area contributed by atoms with E-state index in [1.807, 2.05) is 44.2 Å². The summed E-state index contributed by atoms with van der Waals surface area (Å²) in [7, 11) is 0. The number of nitrogens with one attached hydrogen (secondary N) is 2. The Morgan fingerprint density at radius 1 is 1.32 bits per heavy atom. The van der Waals surface area contributed by atoms with E-state index >= 15 is 0 Å². The van der Waals surface area contributed by atoms with E-state index in [4.69, 9.17) is 4.74 Å². The SMILES string of the molecule is C=CCNc1nc(C(=O)OCC(=O)Nc2c(C#N)c(C)c(C)n2-c2ccccc2)cs1. The summed E-state index contributed by atoms with van der Waals surface area (Å²) in [6.45, 7) is 7.31. The summed E-state index contributed by atoms with van der Waals surface area (Å²) in [5.74, 6) is -0.918. The molecule has 1 aromatic carbocycles. The van der Waals surface area contributed by atoms with Gasteiger partial charge in [0.1, 0.15) is 11.9 Å². The van der Waals surface area contributed by atoms with Gasteiger partial charge in [0.2, 0.25) is 0 Å². The first-order valence-corrected chi connectivity index (χ1v) is 10.3. The summed E-state index contributed by atoms with van der Waals surface area (Å²) in [6.07, 6.45) is 1.67. The van der Waals surface area contributed by atoms with Crippen LogP contribution in [-0.2, 0) is 9.53 Å². The molecule has 9 heteroatoms. The Morgan fingerprint density at radius 3 is 2.74 bits per heavy atom. The van der Waals surface area contributed by atoms with Crippen molar-refractivity contribution in [2.75, 3.05) is 23.8 Å². The highest BCUT2D eigenvalue weighted by Crippen LogP contribution is 2.29. The van der Waals surface area contributed by atoms with Crippen molar-refractivity contribution in [3.8, 4) is 11.8 Å². The minimum atomic E-state index is -0.704. The van der Waals surface area contributed by atoms with E-state index in [9.17, 15) is 14.9 Å². The van der Waals surface area contributed by atoms with Crippen LogP contribution in [0.4, 0.5) is 10.9 Å². The Kier molecular flexibility index (Phi) is 6.85. The maximum absolute atomic E-state index is 12.5. The van der Waals surface area contributed by atoms with Crippen LogP contribution in [0, 0.1) is 25.2 Å². The molecule has 0 fully saturated rings.